The van der Waals surface area contributed by atoms with Crippen molar-refractivity contribution in [2.45, 2.75) is 140 Å². The Morgan fingerprint density at radius 1 is 0.421 bits per heavy atom. The highest BCUT2D eigenvalue weighted by Gasteiger charge is 2.61. The Morgan fingerprint density at radius 3 is 1.44 bits per heavy atom. The van der Waals surface area contributed by atoms with Gasteiger partial charge in [-0.3, -0.25) is 0 Å². The highest BCUT2D eigenvalue weighted by Crippen LogP contribution is 2.70. The zero-order valence-corrected chi connectivity index (χ0v) is 35.9. The Balaban J connectivity index is 1.10. The molecule has 0 saturated heterocycles. The topological polar surface area (TPSA) is 3.24 Å². The summed E-state index contributed by atoms with van der Waals surface area (Å²) in [7, 11) is 0. The van der Waals surface area contributed by atoms with Crippen LogP contribution in [0.1, 0.15) is 147 Å². The highest BCUT2D eigenvalue weighted by molar-refractivity contribution is 5.94. The molecule has 4 saturated carbocycles. The van der Waals surface area contributed by atoms with Crippen LogP contribution in [-0.2, 0) is 27.1 Å². The fourth-order valence-electron chi connectivity index (χ4n) is 14.4. The van der Waals surface area contributed by atoms with Crippen molar-refractivity contribution in [1.29, 1.82) is 0 Å². The van der Waals surface area contributed by atoms with Crippen molar-refractivity contribution in [3.05, 3.63) is 137 Å². The lowest BCUT2D eigenvalue weighted by Gasteiger charge is -2.61. The Kier molecular flexibility index (Phi) is 7.58. The SMILES string of the molecule is CC1(C)CCC(C)(C)c2c(N(c3ccc(-c4cccc5c4-c4ccccc4C54C5CC6CC(C5)CC4C6)cc3)c3cccc4c3C(C)(C)CCC4(C)C)cccc21. The molecule has 4 bridgehead atoms. The van der Waals surface area contributed by atoms with E-state index in [1.54, 1.807) is 11.1 Å². The summed E-state index contributed by atoms with van der Waals surface area (Å²) in [6.45, 7) is 19.8. The van der Waals surface area contributed by atoms with Gasteiger partial charge in [-0.05, 0) is 183 Å². The monoisotopic (exact) mass is 749 g/mol. The van der Waals surface area contributed by atoms with Crippen LogP contribution < -0.4 is 4.90 Å². The van der Waals surface area contributed by atoms with Crippen LogP contribution in [0.3, 0.4) is 0 Å². The average molecular weight is 750 g/mol. The zero-order valence-electron chi connectivity index (χ0n) is 35.9. The number of rotatable bonds is 4. The molecule has 7 aliphatic carbocycles. The van der Waals surface area contributed by atoms with Crippen LogP contribution in [0, 0.1) is 23.7 Å². The molecule has 0 aromatic heterocycles. The Labute approximate surface area is 343 Å². The van der Waals surface area contributed by atoms with E-state index >= 15 is 0 Å². The molecule has 1 heteroatoms. The van der Waals surface area contributed by atoms with Gasteiger partial charge in [0.05, 0.1) is 11.4 Å². The molecule has 0 amide bonds. The fourth-order valence-corrected chi connectivity index (χ4v) is 14.4. The predicted octanol–water partition coefficient (Wildman–Crippen LogP) is 15.2. The van der Waals surface area contributed by atoms with Gasteiger partial charge in [-0.2, -0.15) is 0 Å². The van der Waals surface area contributed by atoms with Crippen molar-refractivity contribution in [3.63, 3.8) is 0 Å². The molecule has 0 unspecified atom stereocenters. The summed E-state index contributed by atoms with van der Waals surface area (Å²) in [6.07, 6.45) is 12.0. The molecule has 57 heavy (non-hydrogen) atoms. The van der Waals surface area contributed by atoms with Gasteiger partial charge >= 0.3 is 0 Å². The molecule has 0 heterocycles. The quantitative estimate of drug-likeness (QED) is 0.177. The summed E-state index contributed by atoms with van der Waals surface area (Å²) in [5.41, 5.74) is 19.7. The molecule has 4 fully saturated rings. The second-order valence-electron chi connectivity index (χ2n) is 22.3. The second-order valence-corrected chi connectivity index (χ2v) is 22.3. The van der Waals surface area contributed by atoms with Crippen LogP contribution in [-0.4, -0.2) is 0 Å². The van der Waals surface area contributed by atoms with E-state index in [4.69, 9.17) is 0 Å². The number of benzene rings is 5. The molecule has 0 atom stereocenters. The normalized spacial score (nSPS) is 28.7. The van der Waals surface area contributed by atoms with E-state index in [9.17, 15) is 0 Å². The van der Waals surface area contributed by atoms with E-state index < -0.39 is 0 Å². The van der Waals surface area contributed by atoms with Crippen molar-refractivity contribution in [2.75, 3.05) is 4.90 Å². The van der Waals surface area contributed by atoms with Crippen molar-refractivity contribution in [2.24, 2.45) is 23.7 Å². The summed E-state index contributed by atoms with van der Waals surface area (Å²) >= 11 is 0. The van der Waals surface area contributed by atoms with E-state index in [2.05, 4.69) is 163 Å². The molecular weight excluding hydrogens is 687 g/mol. The predicted molar refractivity (Wildman–Crippen MR) is 240 cm³/mol. The van der Waals surface area contributed by atoms with Crippen LogP contribution in [0.15, 0.2) is 103 Å². The van der Waals surface area contributed by atoms with Crippen molar-refractivity contribution >= 4 is 17.1 Å². The average Bonchev–Trinajstić information content (AvgIpc) is 3.49. The first-order valence-electron chi connectivity index (χ1n) is 22.6. The first-order chi connectivity index (χ1) is 27.2. The number of fused-ring (bicyclic) bond motifs is 5. The molecule has 0 N–H and O–H groups in total. The second kappa shape index (κ2) is 12.0. The molecule has 0 radical (unpaired) electrons. The fraction of sp³-hybridized carbons (Fsp3) is 0.464. The lowest BCUT2D eigenvalue weighted by Crippen LogP contribution is -2.55. The number of hydrogen-bond donors (Lipinski definition) is 0. The lowest BCUT2D eigenvalue weighted by molar-refractivity contribution is -0.0399. The van der Waals surface area contributed by atoms with Crippen LogP contribution in [0.2, 0.25) is 0 Å². The van der Waals surface area contributed by atoms with E-state index in [-0.39, 0.29) is 27.1 Å². The lowest BCUT2D eigenvalue weighted by atomic mass is 9.43. The minimum atomic E-state index is 0.0646. The molecule has 1 nitrogen and oxygen atoms in total. The third-order valence-corrected chi connectivity index (χ3v) is 17.1. The highest BCUT2D eigenvalue weighted by atomic mass is 15.2. The minimum absolute atomic E-state index is 0.0646. The van der Waals surface area contributed by atoms with Gasteiger partial charge in [0.25, 0.3) is 0 Å². The van der Waals surface area contributed by atoms with E-state index in [1.807, 2.05) is 0 Å². The van der Waals surface area contributed by atoms with E-state index in [1.165, 1.54) is 119 Å². The smallest absolute Gasteiger partial charge is 0.0502 e. The van der Waals surface area contributed by atoms with E-state index in [0.717, 1.165) is 23.7 Å². The Hall–Kier alpha value is -4.10. The summed E-state index contributed by atoms with van der Waals surface area (Å²) in [4.78, 5) is 2.68. The molecule has 5 aromatic rings. The standard InChI is InChI=1S/C56H63N/c1-52(2)26-28-54(5,6)50-45(52)18-12-20-47(50)57(48-21-13-19-46-51(48)55(7,8)29-27-53(46,3)4)40-24-22-37(23-25-40)41-15-11-17-44-49(41)42-14-9-10-16-43(42)56(44)38-31-35-30-36(33-38)34-39(56)32-35/h9-25,35-36,38-39H,26-34H2,1-8H3. The summed E-state index contributed by atoms with van der Waals surface area (Å²) in [5.74, 6) is 3.46. The van der Waals surface area contributed by atoms with Gasteiger partial charge in [-0.25, -0.2) is 0 Å². The van der Waals surface area contributed by atoms with Gasteiger partial charge in [0, 0.05) is 11.1 Å². The number of nitrogens with zero attached hydrogens (tertiary/aromatic N) is 1. The van der Waals surface area contributed by atoms with Gasteiger partial charge in [0.1, 0.15) is 0 Å². The molecule has 292 valence electrons. The van der Waals surface area contributed by atoms with Gasteiger partial charge in [-0.1, -0.05) is 134 Å². The van der Waals surface area contributed by atoms with Crippen molar-refractivity contribution < 1.29 is 0 Å². The van der Waals surface area contributed by atoms with Crippen LogP contribution in [0.25, 0.3) is 22.3 Å². The van der Waals surface area contributed by atoms with Crippen LogP contribution in [0.5, 0.6) is 0 Å². The molecule has 7 aliphatic rings. The van der Waals surface area contributed by atoms with Crippen molar-refractivity contribution in [3.8, 4) is 22.3 Å². The third kappa shape index (κ3) is 4.99. The minimum Gasteiger partial charge on any atom is -0.310 e. The van der Waals surface area contributed by atoms with Gasteiger partial charge < -0.3 is 4.90 Å². The first-order valence-corrected chi connectivity index (χ1v) is 22.6. The van der Waals surface area contributed by atoms with Gasteiger partial charge in [-0.15, -0.1) is 0 Å². The molecular formula is C56H63N. The molecule has 1 spiro atoms. The maximum absolute atomic E-state index is 2.68. The van der Waals surface area contributed by atoms with E-state index in [0.29, 0.717) is 0 Å². The van der Waals surface area contributed by atoms with Crippen LogP contribution in [0.4, 0.5) is 17.1 Å². The van der Waals surface area contributed by atoms with Crippen LogP contribution >= 0.6 is 0 Å². The summed E-state index contributed by atoms with van der Waals surface area (Å²) in [6, 6.07) is 41.2. The number of anilines is 3. The van der Waals surface area contributed by atoms with Crippen molar-refractivity contribution in [1.82, 2.24) is 0 Å². The third-order valence-electron chi connectivity index (χ3n) is 17.1. The molecule has 0 aliphatic heterocycles. The summed E-state index contributed by atoms with van der Waals surface area (Å²) < 4.78 is 0. The van der Waals surface area contributed by atoms with Gasteiger partial charge in [0.15, 0.2) is 0 Å². The maximum Gasteiger partial charge on any atom is 0.0502 e. The first kappa shape index (κ1) is 36.0. The molecule has 12 rings (SSSR count). The zero-order chi connectivity index (χ0) is 39.3. The maximum atomic E-state index is 2.68. The summed E-state index contributed by atoms with van der Waals surface area (Å²) in [5, 5.41) is 0. The molecule has 5 aromatic carbocycles. The van der Waals surface area contributed by atoms with Gasteiger partial charge in [0.2, 0.25) is 0 Å². The Morgan fingerprint density at radius 2 is 0.877 bits per heavy atom. The Bertz CT molecular complexity index is 2330. The largest absolute Gasteiger partial charge is 0.310 e. The number of hydrogen-bond acceptors (Lipinski definition) is 1.